The summed E-state index contributed by atoms with van der Waals surface area (Å²) in [6.07, 6.45) is 0. The molecule has 0 N–H and O–H groups in total. The molecule has 1 aromatic heterocycles. The van der Waals surface area contributed by atoms with E-state index in [0.29, 0.717) is 28.4 Å². The van der Waals surface area contributed by atoms with Gasteiger partial charge in [-0.25, -0.2) is 4.79 Å². The summed E-state index contributed by atoms with van der Waals surface area (Å²) in [5, 5.41) is 1.11. The van der Waals surface area contributed by atoms with Crippen molar-refractivity contribution in [2.24, 2.45) is 0 Å². The molecule has 0 bridgehead atoms. The summed E-state index contributed by atoms with van der Waals surface area (Å²) in [7, 11) is 1.54. The molecule has 2 heterocycles. The zero-order valence-corrected chi connectivity index (χ0v) is 9.40. The third-order valence-corrected chi connectivity index (χ3v) is 2.68. The van der Waals surface area contributed by atoms with Crippen LogP contribution in [0.3, 0.4) is 0 Å². The van der Waals surface area contributed by atoms with Crippen LogP contribution in [0.15, 0.2) is 21.3 Å². The van der Waals surface area contributed by atoms with E-state index in [2.05, 4.69) is 0 Å². The summed E-state index contributed by atoms with van der Waals surface area (Å²) < 4.78 is 20.9. The van der Waals surface area contributed by atoms with Gasteiger partial charge in [-0.1, -0.05) is 0 Å². The third-order valence-electron chi connectivity index (χ3n) is 2.68. The van der Waals surface area contributed by atoms with Crippen LogP contribution in [-0.2, 0) is 0 Å². The molecule has 0 atom stereocenters. The van der Waals surface area contributed by atoms with Crippen LogP contribution >= 0.6 is 0 Å². The Morgan fingerprint density at radius 1 is 1.24 bits per heavy atom. The first-order valence-corrected chi connectivity index (χ1v) is 5.12. The van der Waals surface area contributed by atoms with E-state index in [9.17, 15) is 4.79 Å². The lowest BCUT2D eigenvalue weighted by atomic mass is 10.1. The molecular formula is C12H10O5. The van der Waals surface area contributed by atoms with Crippen molar-refractivity contribution in [1.82, 2.24) is 0 Å². The Hall–Kier alpha value is -2.17. The second kappa shape index (κ2) is 3.41. The molecule has 0 saturated carbocycles. The number of ether oxygens (including phenoxy) is 3. The van der Waals surface area contributed by atoms with E-state index in [0.717, 1.165) is 5.39 Å². The molecule has 5 heteroatoms. The summed E-state index contributed by atoms with van der Waals surface area (Å²) in [6, 6.07) is 3.51. The maximum absolute atomic E-state index is 11.8. The highest BCUT2D eigenvalue weighted by Gasteiger charge is 2.24. The van der Waals surface area contributed by atoms with Gasteiger partial charge in [-0.3, -0.25) is 0 Å². The molecule has 0 unspecified atom stereocenters. The van der Waals surface area contributed by atoms with E-state index in [4.69, 9.17) is 18.6 Å². The molecule has 1 aromatic carbocycles. The lowest BCUT2D eigenvalue weighted by Gasteiger charge is -2.07. The van der Waals surface area contributed by atoms with Crippen LogP contribution in [-0.4, -0.2) is 13.9 Å². The first-order valence-electron chi connectivity index (χ1n) is 5.12. The predicted octanol–water partition coefficient (Wildman–Crippen LogP) is 1.84. The fourth-order valence-electron chi connectivity index (χ4n) is 1.98. The Morgan fingerprint density at radius 3 is 2.76 bits per heavy atom. The van der Waals surface area contributed by atoms with Crippen molar-refractivity contribution in [2.45, 2.75) is 6.92 Å². The molecule has 0 aliphatic carbocycles. The second-order valence-corrected chi connectivity index (χ2v) is 3.75. The lowest BCUT2D eigenvalue weighted by molar-refractivity contribution is 0.172. The molecule has 17 heavy (non-hydrogen) atoms. The Kier molecular flexibility index (Phi) is 2.01. The molecule has 2 aromatic rings. The van der Waals surface area contributed by atoms with Gasteiger partial charge >= 0.3 is 5.63 Å². The standard InChI is InChI=1S/C12H10O5/c1-6-3-7-4-8(14-2)10-11(16-5-15-10)9(7)12(13)17-6/h3-4H,5H2,1-2H3. The second-order valence-electron chi connectivity index (χ2n) is 3.75. The van der Waals surface area contributed by atoms with Crippen molar-refractivity contribution in [1.29, 1.82) is 0 Å². The first kappa shape index (κ1) is 10.0. The maximum Gasteiger partial charge on any atom is 0.347 e. The third kappa shape index (κ3) is 1.35. The van der Waals surface area contributed by atoms with Crippen LogP contribution in [0.5, 0.6) is 17.2 Å². The van der Waals surface area contributed by atoms with Gasteiger partial charge in [0.15, 0.2) is 11.5 Å². The van der Waals surface area contributed by atoms with Gasteiger partial charge in [-0.15, -0.1) is 0 Å². The minimum atomic E-state index is -0.426. The van der Waals surface area contributed by atoms with Gasteiger partial charge in [0.05, 0.1) is 7.11 Å². The number of benzene rings is 1. The number of hydrogen-bond acceptors (Lipinski definition) is 5. The molecule has 0 saturated heterocycles. The Balaban J connectivity index is 2.48. The Morgan fingerprint density at radius 2 is 2.00 bits per heavy atom. The van der Waals surface area contributed by atoms with E-state index < -0.39 is 5.63 Å². The molecule has 5 nitrogen and oxygen atoms in total. The van der Waals surface area contributed by atoms with Crippen molar-refractivity contribution >= 4 is 10.8 Å². The predicted molar refractivity (Wildman–Crippen MR) is 59.9 cm³/mol. The van der Waals surface area contributed by atoms with Crippen molar-refractivity contribution in [3.05, 3.63) is 28.3 Å². The molecule has 0 radical (unpaired) electrons. The minimum absolute atomic E-state index is 0.0815. The fraction of sp³-hybridized carbons (Fsp3) is 0.250. The van der Waals surface area contributed by atoms with Gasteiger partial charge in [0.25, 0.3) is 0 Å². The van der Waals surface area contributed by atoms with Crippen LogP contribution in [0, 0.1) is 6.92 Å². The fourth-order valence-corrected chi connectivity index (χ4v) is 1.98. The molecule has 0 amide bonds. The summed E-state index contributed by atoms with van der Waals surface area (Å²) in [5.74, 6) is 1.95. The van der Waals surface area contributed by atoms with Crippen LogP contribution in [0.4, 0.5) is 0 Å². The van der Waals surface area contributed by atoms with E-state index in [1.54, 1.807) is 26.2 Å². The minimum Gasteiger partial charge on any atom is -0.493 e. The van der Waals surface area contributed by atoms with E-state index >= 15 is 0 Å². The maximum atomic E-state index is 11.8. The van der Waals surface area contributed by atoms with Crippen molar-refractivity contribution in [3.63, 3.8) is 0 Å². The topological polar surface area (TPSA) is 57.9 Å². The molecule has 1 aliphatic rings. The number of rotatable bonds is 1. The van der Waals surface area contributed by atoms with Crippen LogP contribution in [0.25, 0.3) is 10.8 Å². The van der Waals surface area contributed by atoms with Crippen molar-refractivity contribution < 1.29 is 18.6 Å². The highest BCUT2D eigenvalue weighted by molar-refractivity contribution is 5.92. The number of methoxy groups -OCH3 is 1. The largest absolute Gasteiger partial charge is 0.493 e. The normalized spacial score (nSPS) is 13.1. The molecule has 1 aliphatic heterocycles. The van der Waals surface area contributed by atoms with Gasteiger partial charge < -0.3 is 18.6 Å². The smallest absolute Gasteiger partial charge is 0.347 e. The highest BCUT2D eigenvalue weighted by atomic mass is 16.7. The summed E-state index contributed by atoms with van der Waals surface area (Å²) in [5.41, 5.74) is -0.426. The summed E-state index contributed by atoms with van der Waals surface area (Å²) >= 11 is 0. The highest BCUT2D eigenvalue weighted by Crippen LogP contribution is 2.45. The molecular weight excluding hydrogens is 224 g/mol. The summed E-state index contributed by atoms with van der Waals surface area (Å²) in [4.78, 5) is 11.8. The van der Waals surface area contributed by atoms with Gasteiger partial charge in [0.2, 0.25) is 12.5 Å². The van der Waals surface area contributed by atoms with Gasteiger partial charge in [0, 0.05) is 5.39 Å². The first-order chi connectivity index (χ1) is 8.20. The Bertz CT molecular complexity index is 656. The number of aryl methyl sites for hydroxylation is 1. The number of fused-ring (bicyclic) bond motifs is 3. The summed E-state index contributed by atoms with van der Waals surface area (Å²) in [6.45, 7) is 1.80. The van der Waals surface area contributed by atoms with Crippen LogP contribution in [0.2, 0.25) is 0 Å². The molecule has 3 rings (SSSR count). The monoisotopic (exact) mass is 234 g/mol. The van der Waals surface area contributed by atoms with Crippen molar-refractivity contribution in [2.75, 3.05) is 13.9 Å². The average molecular weight is 234 g/mol. The molecule has 0 spiro atoms. The van der Waals surface area contributed by atoms with Crippen molar-refractivity contribution in [3.8, 4) is 17.2 Å². The lowest BCUT2D eigenvalue weighted by Crippen LogP contribution is -2.02. The zero-order valence-electron chi connectivity index (χ0n) is 9.40. The SMILES string of the molecule is COc1cc2cc(C)oc(=O)c2c2c1OCO2. The number of hydrogen-bond donors (Lipinski definition) is 0. The van der Waals surface area contributed by atoms with Gasteiger partial charge in [-0.05, 0) is 19.1 Å². The van der Waals surface area contributed by atoms with Crippen LogP contribution in [0.1, 0.15) is 5.76 Å². The quantitative estimate of drug-likeness (QED) is 0.753. The van der Waals surface area contributed by atoms with Gasteiger partial charge in [0.1, 0.15) is 11.1 Å². The van der Waals surface area contributed by atoms with Gasteiger partial charge in [-0.2, -0.15) is 0 Å². The Labute approximate surface area is 96.5 Å². The van der Waals surface area contributed by atoms with E-state index in [1.165, 1.54) is 0 Å². The molecule has 0 fully saturated rings. The van der Waals surface area contributed by atoms with E-state index in [1.807, 2.05) is 0 Å². The zero-order chi connectivity index (χ0) is 12.0. The molecule has 88 valence electrons. The van der Waals surface area contributed by atoms with E-state index in [-0.39, 0.29) is 6.79 Å². The average Bonchev–Trinajstić information content (AvgIpc) is 2.75. The van der Waals surface area contributed by atoms with Crippen LogP contribution < -0.4 is 19.8 Å².